The average molecular weight is 301 g/mol. The maximum atomic E-state index is 11.7. The first-order valence-corrected chi connectivity index (χ1v) is 7.77. The molecule has 1 amide bonds. The van der Waals surface area contributed by atoms with Gasteiger partial charge in [0, 0.05) is 12.0 Å². The minimum Gasteiger partial charge on any atom is -0.489 e. The summed E-state index contributed by atoms with van der Waals surface area (Å²) < 4.78 is 5.94. The molecule has 0 spiro atoms. The van der Waals surface area contributed by atoms with Crippen molar-refractivity contribution >= 4 is 11.6 Å². The van der Waals surface area contributed by atoms with Crippen LogP contribution in [0.1, 0.15) is 45.1 Å². The van der Waals surface area contributed by atoms with E-state index in [0.717, 1.165) is 25.7 Å². The van der Waals surface area contributed by atoms with Crippen LogP contribution in [0.15, 0.2) is 18.2 Å². The molecule has 1 saturated carbocycles. The van der Waals surface area contributed by atoms with Crippen molar-refractivity contribution in [3.05, 3.63) is 23.8 Å². The second kappa shape index (κ2) is 7.17. The summed E-state index contributed by atoms with van der Waals surface area (Å²) in [6, 6.07) is 7.59. The van der Waals surface area contributed by atoms with Gasteiger partial charge in [0.2, 0.25) is 5.91 Å². The van der Waals surface area contributed by atoms with E-state index in [2.05, 4.69) is 11.4 Å². The summed E-state index contributed by atoms with van der Waals surface area (Å²) >= 11 is 0. The molecule has 0 atom stereocenters. The quantitative estimate of drug-likeness (QED) is 0.837. The molecule has 0 saturated heterocycles. The van der Waals surface area contributed by atoms with Crippen molar-refractivity contribution in [3.63, 3.8) is 0 Å². The summed E-state index contributed by atoms with van der Waals surface area (Å²) in [7, 11) is 0. The van der Waals surface area contributed by atoms with Crippen molar-refractivity contribution in [2.24, 2.45) is 5.92 Å². The van der Waals surface area contributed by atoms with E-state index in [9.17, 15) is 4.79 Å². The number of carbonyl (C=O) groups excluding carboxylic acids is 1. The van der Waals surface area contributed by atoms with E-state index in [-0.39, 0.29) is 24.0 Å². The van der Waals surface area contributed by atoms with Crippen molar-refractivity contribution in [1.29, 1.82) is 5.26 Å². The summed E-state index contributed by atoms with van der Waals surface area (Å²) in [5, 5.41) is 12.2. The molecule has 3 N–H and O–H groups in total. The molecule has 5 nitrogen and oxygen atoms in total. The highest BCUT2D eigenvalue weighted by Crippen LogP contribution is 2.28. The van der Waals surface area contributed by atoms with Crippen LogP contribution in [-0.2, 0) is 4.79 Å². The second-order valence-electron chi connectivity index (χ2n) is 6.09. The molecule has 0 bridgehead atoms. The zero-order valence-electron chi connectivity index (χ0n) is 13.1. The number of nitrogens with one attached hydrogen (secondary N) is 1. The minimum atomic E-state index is 0.0134. The Kier molecular flexibility index (Phi) is 5.26. The summed E-state index contributed by atoms with van der Waals surface area (Å²) in [5.74, 6) is 0.670. The lowest BCUT2D eigenvalue weighted by molar-refractivity contribution is -0.125. The number of nitriles is 1. The van der Waals surface area contributed by atoms with Gasteiger partial charge >= 0.3 is 0 Å². The first-order chi connectivity index (χ1) is 10.5. The highest BCUT2D eigenvalue weighted by atomic mass is 16.5. The van der Waals surface area contributed by atoms with Crippen LogP contribution < -0.4 is 15.8 Å². The number of nitrogens with zero attached hydrogens (tertiary/aromatic N) is 1. The van der Waals surface area contributed by atoms with Crippen LogP contribution in [0.4, 0.5) is 5.69 Å². The number of anilines is 1. The first-order valence-electron chi connectivity index (χ1n) is 7.77. The number of hydrogen-bond acceptors (Lipinski definition) is 4. The van der Waals surface area contributed by atoms with Crippen molar-refractivity contribution < 1.29 is 9.53 Å². The number of amides is 1. The fraction of sp³-hybridized carbons (Fsp3) is 0.529. The number of nitrogen functional groups attached to an aromatic ring is 1. The fourth-order valence-corrected chi connectivity index (χ4v) is 2.64. The van der Waals surface area contributed by atoms with Crippen molar-refractivity contribution in [3.8, 4) is 11.8 Å². The Morgan fingerprint density at radius 3 is 2.64 bits per heavy atom. The van der Waals surface area contributed by atoms with Crippen molar-refractivity contribution in [2.75, 3.05) is 5.73 Å². The van der Waals surface area contributed by atoms with Gasteiger partial charge in [-0.15, -0.1) is 0 Å². The van der Waals surface area contributed by atoms with Gasteiger partial charge in [-0.25, -0.2) is 0 Å². The zero-order chi connectivity index (χ0) is 16.1. The molecule has 0 aliphatic heterocycles. The van der Waals surface area contributed by atoms with Gasteiger partial charge < -0.3 is 15.8 Å². The van der Waals surface area contributed by atoms with Crippen LogP contribution in [0, 0.1) is 17.2 Å². The third-order valence-electron chi connectivity index (χ3n) is 4.01. The Balaban J connectivity index is 1.90. The summed E-state index contributed by atoms with van der Waals surface area (Å²) in [4.78, 5) is 11.7. The zero-order valence-corrected chi connectivity index (χ0v) is 13.1. The Labute approximate surface area is 131 Å². The van der Waals surface area contributed by atoms with Gasteiger partial charge in [-0.3, -0.25) is 4.79 Å². The Morgan fingerprint density at radius 2 is 2.05 bits per heavy atom. The molecule has 118 valence electrons. The molecule has 0 radical (unpaired) electrons. The smallest absolute Gasteiger partial charge is 0.222 e. The molecule has 0 heterocycles. The summed E-state index contributed by atoms with van der Waals surface area (Å²) in [5.41, 5.74) is 6.64. The molecule has 1 aromatic carbocycles. The largest absolute Gasteiger partial charge is 0.489 e. The predicted octanol–water partition coefficient (Wildman–Crippen LogP) is 2.60. The van der Waals surface area contributed by atoms with E-state index in [1.54, 1.807) is 18.2 Å². The molecule has 0 aromatic heterocycles. The third kappa shape index (κ3) is 3.91. The monoisotopic (exact) mass is 301 g/mol. The van der Waals surface area contributed by atoms with Crippen molar-refractivity contribution in [2.45, 2.75) is 51.7 Å². The average Bonchev–Trinajstić information content (AvgIpc) is 2.49. The van der Waals surface area contributed by atoms with E-state index in [1.165, 1.54) is 0 Å². The molecule has 5 heteroatoms. The molecule has 1 aliphatic rings. The van der Waals surface area contributed by atoms with Gasteiger partial charge in [-0.2, -0.15) is 5.26 Å². The molecule has 1 aliphatic carbocycles. The Morgan fingerprint density at radius 1 is 1.36 bits per heavy atom. The highest BCUT2D eigenvalue weighted by molar-refractivity contribution is 5.78. The van der Waals surface area contributed by atoms with Gasteiger partial charge in [0.1, 0.15) is 17.4 Å². The standard InChI is InChI=1S/C17H23N3O2/c1-11(2)17(21)20-12-6-8-13(9-7-12)22-16-5-3-4-15(19)14(16)10-18/h3-5,11-13H,6-9,19H2,1-2H3,(H,20,21). The van der Waals surface area contributed by atoms with Crippen LogP contribution >= 0.6 is 0 Å². The Bertz CT molecular complexity index is 570. The van der Waals surface area contributed by atoms with Gasteiger partial charge in [0.05, 0.1) is 11.8 Å². The lowest BCUT2D eigenvalue weighted by Crippen LogP contribution is -2.41. The lowest BCUT2D eigenvalue weighted by atomic mass is 9.92. The van der Waals surface area contributed by atoms with Gasteiger partial charge in [0.25, 0.3) is 0 Å². The van der Waals surface area contributed by atoms with E-state index < -0.39 is 0 Å². The highest BCUT2D eigenvalue weighted by Gasteiger charge is 2.25. The number of rotatable bonds is 4. The lowest BCUT2D eigenvalue weighted by Gasteiger charge is -2.30. The molecule has 0 unspecified atom stereocenters. The predicted molar refractivity (Wildman–Crippen MR) is 85.2 cm³/mol. The molecular weight excluding hydrogens is 278 g/mol. The first kappa shape index (κ1) is 16.2. The van der Waals surface area contributed by atoms with Gasteiger partial charge in [-0.05, 0) is 37.8 Å². The van der Waals surface area contributed by atoms with Crippen LogP contribution in [0.2, 0.25) is 0 Å². The molecule has 22 heavy (non-hydrogen) atoms. The van der Waals surface area contributed by atoms with Crippen LogP contribution in [0.5, 0.6) is 5.75 Å². The van der Waals surface area contributed by atoms with Gasteiger partial charge in [0.15, 0.2) is 0 Å². The number of carbonyl (C=O) groups is 1. The second-order valence-corrected chi connectivity index (χ2v) is 6.09. The molecular formula is C17H23N3O2. The summed E-state index contributed by atoms with van der Waals surface area (Å²) in [6.07, 6.45) is 3.59. The number of benzene rings is 1. The summed E-state index contributed by atoms with van der Waals surface area (Å²) in [6.45, 7) is 3.79. The van der Waals surface area contributed by atoms with E-state index in [4.69, 9.17) is 15.7 Å². The maximum absolute atomic E-state index is 11.7. The van der Waals surface area contributed by atoms with Crippen LogP contribution in [0.3, 0.4) is 0 Å². The SMILES string of the molecule is CC(C)C(=O)NC1CCC(Oc2cccc(N)c2C#N)CC1. The molecule has 1 fully saturated rings. The maximum Gasteiger partial charge on any atom is 0.222 e. The normalized spacial score (nSPS) is 21.2. The minimum absolute atomic E-state index is 0.0134. The Hall–Kier alpha value is -2.22. The number of ether oxygens (including phenoxy) is 1. The van der Waals surface area contributed by atoms with Gasteiger partial charge in [-0.1, -0.05) is 19.9 Å². The molecule has 1 aromatic rings. The third-order valence-corrected chi connectivity index (χ3v) is 4.01. The number of hydrogen-bond donors (Lipinski definition) is 2. The van der Waals surface area contributed by atoms with E-state index in [0.29, 0.717) is 17.0 Å². The number of nitrogens with two attached hydrogens (primary N) is 1. The van der Waals surface area contributed by atoms with E-state index in [1.807, 2.05) is 13.8 Å². The topological polar surface area (TPSA) is 88.1 Å². The molecule has 2 rings (SSSR count). The van der Waals surface area contributed by atoms with Crippen LogP contribution in [0.25, 0.3) is 0 Å². The van der Waals surface area contributed by atoms with E-state index >= 15 is 0 Å². The fourth-order valence-electron chi connectivity index (χ4n) is 2.64. The van der Waals surface area contributed by atoms with Crippen molar-refractivity contribution in [1.82, 2.24) is 5.32 Å². The van der Waals surface area contributed by atoms with Crippen LogP contribution in [-0.4, -0.2) is 18.1 Å².